The zero-order valence-electron chi connectivity index (χ0n) is 16.3. The Morgan fingerprint density at radius 3 is 2.62 bits per heavy atom. The summed E-state index contributed by atoms with van der Waals surface area (Å²) in [7, 11) is -2.13. The second-order valence-electron chi connectivity index (χ2n) is 7.17. The maximum atomic E-state index is 13.3. The van der Waals surface area contributed by atoms with E-state index < -0.39 is 9.84 Å². The van der Waals surface area contributed by atoms with E-state index in [4.69, 9.17) is 4.74 Å². The van der Waals surface area contributed by atoms with Crippen molar-refractivity contribution in [2.24, 2.45) is 0 Å². The van der Waals surface area contributed by atoms with E-state index >= 15 is 0 Å². The van der Waals surface area contributed by atoms with Gasteiger partial charge in [-0.1, -0.05) is 42.5 Å². The highest BCUT2D eigenvalue weighted by molar-refractivity contribution is 7.90. The van der Waals surface area contributed by atoms with Gasteiger partial charge in [0.2, 0.25) is 15.0 Å². The van der Waals surface area contributed by atoms with Crippen molar-refractivity contribution >= 4 is 9.84 Å². The third-order valence-corrected chi connectivity index (χ3v) is 6.64. The summed E-state index contributed by atoms with van der Waals surface area (Å²) in [5.74, 6) is 1.14. The van der Waals surface area contributed by atoms with Gasteiger partial charge >= 0.3 is 0 Å². The lowest BCUT2D eigenvalue weighted by Crippen LogP contribution is -2.21. The molecule has 0 radical (unpaired) electrons. The Morgan fingerprint density at radius 1 is 1.10 bits per heavy atom. The van der Waals surface area contributed by atoms with Crippen LogP contribution in [0, 0.1) is 0 Å². The van der Waals surface area contributed by atoms with Crippen molar-refractivity contribution in [3.05, 3.63) is 71.5 Å². The standard InChI is InChI=1S/C21H24N4O3S/c1-28-18-10-5-9-17(13-18)15-29(26,27)21-24-23-20(19-11-6-12-22-19)25(21)14-16-7-3-2-4-8-16/h2-5,7-10,13,19,22H,6,11-12,14-15H2,1H3. The monoisotopic (exact) mass is 412 g/mol. The van der Waals surface area contributed by atoms with Crippen LogP contribution in [-0.2, 0) is 22.1 Å². The molecule has 1 aromatic heterocycles. The van der Waals surface area contributed by atoms with Gasteiger partial charge in [0, 0.05) is 0 Å². The van der Waals surface area contributed by atoms with Crippen LogP contribution in [0.25, 0.3) is 0 Å². The van der Waals surface area contributed by atoms with Crippen LogP contribution in [0.5, 0.6) is 5.75 Å². The number of hydrogen-bond acceptors (Lipinski definition) is 6. The number of methoxy groups -OCH3 is 1. The highest BCUT2D eigenvalue weighted by Crippen LogP contribution is 2.26. The van der Waals surface area contributed by atoms with Gasteiger partial charge in [0.25, 0.3) is 0 Å². The maximum absolute atomic E-state index is 13.3. The summed E-state index contributed by atoms with van der Waals surface area (Å²) in [6, 6.07) is 16.9. The van der Waals surface area contributed by atoms with E-state index in [9.17, 15) is 8.42 Å². The minimum Gasteiger partial charge on any atom is -0.497 e. The van der Waals surface area contributed by atoms with Gasteiger partial charge in [0.05, 0.1) is 25.4 Å². The molecule has 1 atom stereocenters. The van der Waals surface area contributed by atoms with E-state index in [1.54, 1.807) is 35.9 Å². The molecule has 29 heavy (non-hydrogen) atoms. The molecule has 0 saturated carbocycles. The van der Waals surface area contributed by atoms with Crippen LogP contribution in [0.15, 0.2) is 59.8 Å². The molecule has 0 bridgehead atoms. The minimum atomic E-state index is -3.69. The summed E-state index contributed by atoms with van der Waals surface area (Å²) in [4.78, 5) is 0. The minimum absolute atomic E-state index is 0.00729. The van der Waals surface area contributed by atoms with E-state index in [-0.39, 0.29) is 17.0 Å². The van der Waals surface area contributed by atoms with Crippen molar-refractivity contribution < 1.29 is 13.2 Å². The summed E-state index contributed by atoms with van der Waals surface area (Å²) in [5, 5.41) is 11.8. The lowest BCUT2D eigenvalue weighted by molar-refractivity contribution is 0.414. The molecule has 7 nitrogen and oxygen atoms in total. The molecule has 0 amide bonds. The number of hydrogen-bond donors (Lipinski definition) is 1. The van der Waals surface area contributed by atoms with Crippen LogP contribution in [-0.4, -0.2) is 36.8 Å². The van der Waals surface area contributed by atoms with E-state index in [2.05, 4.69) is 15.5 Å². The maximum Gasteiger partial charge on any atom is 0.250 e. The molecule has 2 heterocycles. The zero-order chi connectivity index (χ0) is 20.3. The van der Waals surface area contributed by atoms with Gasteiger partial charge in [0.1, 0.15) is 5.75 Å². The Bertz CT molecular complexity index is 1070. The van der Waals surface area contributed by atoms with Gasteiger partial charge in [-0.25, -0.2) is 8.42 Å². The number of nitrogens with zero attached hydrogens (tertiary/aromatic N) is 3. The van der Waals surface area contributed by atoms with E-state index in [0.717, 1.165) is 24.9 Å². The van der Waals surface area contributed by atoms with Gasteiger partial charge < -0.3 is 10.1 Å². The molecule has 1 fully saturated rings. The van der Waals surface area contributed by atoms with Crippen LogP contribution in [0.3, 0.4) is 0 Å². The first kappa shape index (κ1) is 19.6. The Hall–Kier alpha value is -2.71. The number of aromatic nitrogens is 3. The predicted octanol–water partition coefficient (Wildman–Crippen LogP) is 2.73. The first-order chi connectivity index (χ1) is 14.1. The summed E-state index contributed by atoms with van der Waals surface area (Å²) in [6.45, 7) is 1.31. The van der Waals surface area contributed by atoms with Crippen molar-refractivity contribution in [1.82, 2.24) is 20.1 Å². The van der Waals surface area contributed by atoms with Crippen molar-refractivity contribution in [2.45, 2.75) is 36.3 Å². The smallest absolute Gasteiger partial charge is 0.250 e. The Morgan fingerprint density at radius 2 is 1.90 bits per heavy atom. The number of ether oxygens (including phenoxy) is 1. The molecule has 1 aliphatic rings. The quantitative estimate of drug-likeness (QED) is 0.642. The largest absolute Gasteiger partial charge is 0.497 e. The second kappa shape index (κ2) is 8.34. The molecule has 0 spiro atoms. The average Bonchev–Trinajstić information content (AvgIpc) is 3.38. The summed E-state index contributed by atoms with van der Waals surface area (Å²) in [5.41, 5.74) is 1.66. The molecule has 1 aliphatic heterocycles. The molecule has 1 N–H and O–H groups in total. The molecule has 8 heteroatoms. The normalized spacial score (nSPS) is 16.8. The molecule has 1 saturated heterocycles. The SMILES string of the molecule is COc1cccc(CS(=O)(=O)c2nnc(C3CCCN3)n2Cc2ccccc2)c1. The number of nitrogens with one attached hydrogen (secondary N) is 1. The molecular weight excluding hydrogens is 388 g/mol. The third kappa shape index (κ3) is 4.33. The lowest BCUT2D eigenvalue weighted by atomic mass is 10.2. The Kier molecular flexibility index (Phi) is 5.64. The van der Waals surface area contributed by atoms with Crippen molar-refractivity contribution in [3.63, 3.8) is 0 Å². The van der Waals surface area contributed by atoms with Crippen LogP contribution in [0.4, 0.5) is 0 Å². The Labute approximate surface area is 170 Å². The summed E-state index contributed by atoms with van der Waals surface area (Å²) >= 11 is 0. The van der Waals surface area contributed by atoms with Gasteiger partial charge in [0.15, 0.2) is 5.82 Å². The van der Waals surface area contributed by atoms with Crippen molar-refractivity contribution in [3.8, 4) is 5.75 Å². The van der Waals surface area contributed by atoms with Gasteiger partial charge in [-0.2, -0.15) is 0 Å². The molecule has 4 rings (SSSR count). The summed E-state index contributed by atoms with van der Waals surface area (Å²) in [6.07, 6.45) is 1.96. The van der Waals surface area contributed by atoms with Gasteiger partial charge in [-0.05, 0) is 42.6 Å². The first-order valence-electron chi connectivity index (χ1n) is 9.63. The van der Waals surface area contributed by atoms with E-state index in [0.29, 0.717) is 23.7 Å². The molecule has 0 aliphatic carbocycles. The lowest BCUT2D eigenvalue weighted by Gasteiger charge is -2.15. The average molecular weight is 413 g/mol. The molecule has 3 aromatic rings. The predicted molar refractivity (Wildman–Crippen MR) is 109 cm³/mol. The number of sulfone groups is 1. The van der Waals surface area contributed by atoms with Crippen LogP contribution in [0.1, 0.15) is 35.8 Å². The van der Waals surface area contributed by atoms with Gasteiger partial charge in [-0.3, -0.25) is 4.57 Å². The highest BCUT2D eigenvalue weighted by atomic mass is 32.2. The second-order valence-corrected chi connectivity index (χ2v) is 9.06. The van der Waals surface area contributed by atoms with Crippen molar-refractivity contribution in [1.29, 1.82) is 0 Å². The van der Waals surface area contributed by atoms with E-state index in [1.165, 1.54) is 0 Å². The molecule has 1 unspecified atom stereocenters. The van der Waals surface area contributed by atoms with Crippen LogP contribution >= 0.6 is 0 Å². The first-order valence-corrected chi connectivity index (χ1v) is 11.3. The number of benzene rings is 2. The topological polar surface area (TPSA) is 86.1 Å². The highest BCUT2D eigenvalue weighted by Gasteiger charge is 2.30. The summed E-state index contributed by atoms with van der Waals surface area (Å²) < 4.78 is 33.5. The Balaban J connectivity index is 1.71. The van der Waals surface area contributed by atoms with Crippen molar-refractivity contribution in [2.75, 3.05) is 13.7 Å². The molecule has 152 valence electrons. The fourth-order valence-corrected chi connectivity index (χ4v) is 5.06. The van der Waals surface area contributed by atoms with E-state index in [1.807, 2.05) is 30.3 Å². The zero-order valence-corrected chi connectivity index (χ0v) is 17.1. The molecular formula is C21H24N4O3S. The number of rotatable bonds is 7. The molecule has 2 aromatic carbocycles. The fourth-order valence-electron chi connectivity index (χ4n) is 3.65. The fraction of sp³-hybridized carbons (Fsp3) is 0.333. The van der Waals surface area contributed by atoms with Crippen LogP contribution in [0.2, 0.25) is 0 Å². The van der Waals surface area contributed by atoms with Gasteiger partial charge in [-0.15, -0.1) is 10.2 Å². The third-order valence-electron chi connectivity index (χ3n) is 5.07. The van der Waals surface area contributed by atoms with Crippen LogP contribution < -0.4 is 10.1 Å².